The number of halogens is 1. The molecule has 30 heavy (non-hydrogen) atoms. The van der Waals surface area contributed by atoms with Gasteiger partial charge in [0.1, 0.15) is 11.0 Å². The van der Waals surface area contributed by atoms with E-state index >= 15 is 0 Å². The Bertz CT molecular complexity index is 1420. The standard InChI is InChI=1S/C21H15BrN6OS/c22-13-4-3-5-15-19(13)30-20(26-15)18-17-14(23-11-24-17)7-9-27(18)21(29)12-10-25-28-8-2-1-6-16(12)28/h1-6,8,10-11,18H,7,9H2,(H,23,24)/t18-/m0/s1. The van der Waals surface area contributed by atoms with Gasteiger partial charge in [-0.25, -0.2) is 14.5 Å². The number of rotatable bonds is 2. The van der Waals surface area contributed by atoms with Crippen LogP contribution >= 0.6 is 27.3 Å². The van der Waals surface area contributed by atoms with E-state index in [1.165, 1.54) is 0 Å². The van der Waals surface area contributed by atoms with Crippen molar-refractivity contribution in [3.8, 4) is 0 Å². The van der Waals surface area contributed by atoms with Crippen LogP contribution in [0.5, 0.6) is 0 Å². The van der Waals surface area contributed by atoms with Gasteiger partial charge in [-0.15, -0.1) is 11.3 Å². The normalized spacial score (nSPS) is 16.3. The second kappa shape index (κ2) is 6.75. The number of pyridine rings is 1. The topological polar surface area (TPSA) is 79.2 Å². The number of carbonyl (C=O) groups is 1. The highest BCUT2D eigenvalue weighted by Crippen LogP contribution is 2.40. The second-order valence-corrected chi connectivity index (χ2v) is 9.03. The summed E-state index contributed by atoms with van der Waals surface area (Å²) >= 11 is 5.21. The van der Waals surface area contributed by atoms with E-state index in [2.05, 4.69) is 31.0 Å². The van der Waals surface area contributed by atoms with Gasteiger partial charge in [-0.2, -0.15) is 5.10 Å². The zero-order chi connectivity index (χ0) is 20.2. The van der Waals surface area contributed by atoms with Crippen LogP contribution in [0, 0.1) is 0 Å². The highest BCUT2D eigenvalue weighted by atomic mass is 79.9. The molecule has 0 saturated heterocycles. The number of thiazole rings is 1. The van der Waals surface area contributed by atoms with Crippen molar-refractivity contribution in [1.29, 1.82) is 0 Å². The van der Waals surface area contributed by atoms with Gasteiger partial charge in [0.15, 0.2) is 0 Å². The summed E-state index contributed by atoms with van der Waals surface area (Å²) in [5, 5.41) is 5.20. The molecule has 0 unspecified atom stereocenters. The monoisotopic (exact) mass is 478 g/mol. The van der Waals surface area contributed by atoms with E-state index in [4.69, 9.17) is 4.98 Å². The van der Waals surface area contributed by atoms with E-state index in [1.54, 1.807) is 28.4 Å². The zero-order valence-electron chi connectivity index (χ0n) is 15.6. The van der Waals surface area contributed by atoms with Crippen molar-refractivity contribution < 1.29 is 4.79 Å². The van der Waals surface area contributed by atoms with Gasteiger partial charge in [-0.3, -0.25) is 4.79 Å². The van der Waals surface area contributed by atoms with Crippen molar-refractivity contribution in [3.05, 3.63) is 81.6 Å². The lowest BCUT2D eigenvalue weighted by molar-refractivity contribution is 0.0692. The summed E-state index contributed by atoms with van der Waals surface area (Å²) in [6.45, 7) is 0.583. The third kappa shape index (κ3) is 2.62. The van der Waals surface area contributed by atoms with Crippen LogP contribution in [0.15, 0.2) is 59.6 Å². The summed E-state index contributed by atoms with van der Waals surface area (Å²) in [5.74, 6) is -0.0619. The fraction of sp³-hybridized carbons (Fsp3) is 0.143. The minimum Gasteiger partial charge on any atom is -0.348 e. The SMILES string of the molecule is O=C(c1cnn2ccccc12)N1CCc2[nH]cnc2[C@H]1c1nc2cccc(Br)c2s1. The molecule has 148 valence electrons. The minimum absolute atomic E-state index is 0.0619. The molecule has 0 saturated carbocycles. The molecule has 1 aromatic carbocycles. The number of hydrogen-bond acceptors (Lipinski definition) is 5. The number of aromatic amines is 1. The maximum atomic E-state index is 13.7. The summed E-state index contributed by atoms with van der Waals surface area (Å²) in [6.07, 6.45) is 5.91. The van der Waals surface area contributed by atoms with Crippen LogP contribution in [0.25, 0.3) is 15.7 Å². The number of hydrogen-bond donors (Lipinski definition) is 1. The number of amides is 1. The summed E-state index contributed by atoms with van der Waals surface area (Å²) in [6, 6.07) is 11.4. The van der Waals surface area contributed by atoms with Crippen molar-refractivity contribution in [3.63, 3.8) is 0 Å². The first-order valence-corrected chi connectivity index (χ1v) is 11.1. The Kier molecular flexibility index (Phi) is 4.00. The van der Waals surface area contributed by atoms with E-state index in [0.717, 1.165) is 43.0 Å². The van der Waals surface area contributed by atoms with Gasteiger partial charge in [0, 0.05) is 29.3 Å². The molecule has 0 bridgehead atoms. The molecular weight excluding hydrogens is 464 g/mol. The van der Waals surface area contributed by atoms with Gasteiger partial charge in [0.05, 0.1) is 39.5 Å². The second-order valence-electron chi connectivity index (χ2n) is 7.15. The summed E-state index contributed by atoms with van der Waals surface area (Å²) in [4.78, 5) is 28.2. The van der Waals surface area contributed by atoms with E-state index in [-0.39, 0.29) is 11.9 Å². The highest BCUT2D eigenvalue weighted by molar-refractivity contribution is 9.10. The van der Waals surface area contributed by atoms with Crippen molar-refractivity contribution in [2.75, 3.05) is 6.54 Å². The number of H-pyrrole nitrogens is 1. The highest BCUT2D eigenvalue weighted by Gasteiger charge is 2.37. The molecule has 0 aliphatic carbocycles. The van der Waals surface area contributed by atoms with Gasteiger partial charge in [0.2, 0.25) is 0 Å². The van der Waals surface area contributed by atoms with Gasteiger partial charge in [-0.05, 0) is 40.2 Å². The quantitative estimate of drug-likeness (QED) is 0.411. The van der Waals surface area contributed by atoms with Crippen LogP contribution in [0.2, 0.25) is 0 Å². The molecule has 1 atom stereocenters. The summed E-state index contributed by atoms with van der Waals surface area (Å²) in [7, 11) is 0. The van der Waals surface area contributed by atoms with E-state index in [1.807, 2.05) is 47.5 Å². The van der Waals surface area contributed by atoms with Crippen LogP contribution in [0.3, 0.4) is 0 Å². The Morgan fingerprint density at radius 3 is 3.07 bits per heavy atom. The van der Waals surface area contributed by atoms with Crippen molar-refractivity contribution in [2.24, 2.45) is 0 Å². The fourth-order valence-electron chi connectivity index (χ4n) is 4.05. The maximum Gasteiger partial charge on any atom is 0.258 e. The van der Waals surface area contributed by atoms with E-state index < -0.39 is 0 Å². The Balaban J connectivity index is 1.50. The molecule has 1 aliphatic rings. The molecule has 7 nitrogen and oxygen atoms in total. The number of imidazole rings is 1. The number of fused-ring (bicyclic) bond motifs is 3. The first-order valence-electron chi connectivity index (χ1n) is 9.51. The zero-order valence-corrected chi connectivity index (χ0v) is 18.0. The van der Waals surface area contributed by atoms with Gasteiger partial charge < -0.3 is 9.88 Å². The van der Waals surface area contributed by atoms with E-state index in [0.29, 0.717) is 12.1 Å². The lowest BCUT2D eigenvalue weighted by Gasteiger charge is -2.33. The van der Waals surface area contributed by atoms with Crippen LogP contribution < -0.4 is 0 Å². The molecular formula is C21H15BrN6OS. The molecule has 0 fully saturated rings. The van der Waals surface area contributed by atoms with Crippen molar-refractivity contribution in [2.45, 2.75) is 12.5 Å². The lowest BCUT2D eigenvalue weighted by Crippen LogP contribution is -2.40. The van der Waals surface area contributed by atoms with Crippen LogP contribution in [0.1, 0.15) is 32.8 Å². The molecule has 1 amide bonds. The van der Waals surface area contributed by atoms with Crippen LogP contribution in [-0.4, -0.2) is 41.9 Å². The molecule has 0 radical (unpaired) electrons. The molecule has 5 heterocycles. The smallest absolute Gasteiger partial charge is 0.258 e. The summed E-state index contributed by atoms with van der Waals surface area (Å²) in [5.41, 5.74) is 4.21. The Morgan fingerprint density at radius 2 is 2.17 bits per heavy atom. The average Bonchev–Trinajstić information content (AvgIpc) is 3.50. The average molecular weight is 479 g/mol. The first-order chi connectivity index (χ1) is 14.7. The molecule has 1 aliphatic heterocycles. The Labute approximate surface area is 183 Å². The minimum atomic E-state index is -0.338. The van der Waals surface area contributed by atoms with Gasteiger partial charge in [-0.1, -0.05) is 12.1 Å². The molecule has 9 heteroatoms. The van der Waals surface area contributed by atoms with Crippen molar-refractivity contribution >= 4 is 48.9 Å². The maximum absolute atomic E-state index is 13.7. The number of carbonyl (C=O) groups excluding carboxylic acids is 1. The summed E-state index contributed by atoms with van der Waals surface area (Å²) < 4.78 is 3.79. The molecule has 1 N–H and O–H groups in total. The molecule has 4 aromatic heterocycles. The number of aromatic nitrogens is 5. The first kappa shape index (κ1) is 17.8. The van der Waals surface area contributed by atoms with Crippen molar-refractivity contribution in [1.82, 2.24) is 29.5 Å². The van der Waals surface area contributed by atoms with Gasteiger partial charge >= 0.3 is 0 Å². The number of nitrogens with one attached hydrogen (secondary N) is 1. The molecule has 5 aromatic rings. The largest absolute Gasteiger partial charge is 0.348 e. The molecule has 6 rings (SSSR count). The number of benzene rings is 1. The Hall–Kier alpha value is -3.04. The van der Waals surface area contributed by atoms with Gasteiger partial charge in [0.25, 0.3) is 5.91 Å². The van der Waals surface area contributed by atoms with E-state index in [9.17, 15) is 4.79 Å². The number of nitrogens with zero attached hydrogens (tertiary/aromatic N) is 5. The predicted molar refractivity (Wildman–Crippen MR) is 118 cm³/mol. The fourth-order valence-corrected chi connectivity index (χ4v) is 5.74. The molecule has 0 spiro atoms. The predicted octanol–water partition coefficient (Wildman–Crippen LogP) is 4.22. The third-order valence-corrected chi connectivity index (χ3v) is 7.54. The Morgan fingerprint density at radius 1 is 1.23 bits per heavy atom. The lowest BCUT2D eigenvalue weighted by atomic mass is 10.0. The van der Waals surface area contributed by atoms with Crippen LogP contribution in [0.4, 0.5) is 0 Å². The third-order valence-electron chi connectivity index (χ3n) is 5.46. The van der Waals surface area contributed by atoms with Crippen LogP contribution in [-0.2, 0) is 6.42 Å².